The van der Waals surface area contributed by atoms with Crippen molar-refractivity contribution in [3.8, 4) is 5.75 Å². The number of hydrogen-bond donors (Lipinski definition) is 1. The maximum absolute atomic E-state index is 11.9. The fraction of sp³-hybridized carbons (Fsp3) is 0.467. The van der Waals surface area contributed by atoms with Crippen LogP contribution in [0.4, 0.5) is 13.2 Å². The van der Waals surface area contributed by atoms with E-state index in [1.807, 2.05) is 12.1 Å². The second-order valence-electron chi connectivity index (χ2n) is 4.95. The van der Waals surface area contributed by atoms with E-state index in [-0.39, 0.29) is 4.58 Å². The van der Waals surface area contributed by atoms with Crippen LogP contribution in [0.15, 0.2) is 24.3 Å². The standard InChI is InChI=1S/C15H16F3NO4S2/c16-15(17,18)9-19-12(20)7-23-13(21)8-22-11-4-2-1-3-10(11)14-24-5-6-25-14/h1-4,14H,5-9H2,(H,19,20). The summed E-state index contributed by atoms with van der Waals surface area (Å²) in [6, 6.07) is 7.31. The molecule has 1 heterocycles. The van der Waals surface area contributed by atoms with Crippen molar-refractivity contribution in [1.29, 1.82) is 0 Å². The third kappa shape index (κ3) is 7.07. The smallest absolute Gasteiger partial charge is 0.405 e. The van der Waals surface area contributed by atoms with E-state index in [9.17, 15) is 22.8 Å². The molecule has 5 nitrogen and oxygen atoms in total. The van der Waals surface area contributed by atoms with Gasteiger partial charge in [-0.2, -0.15) is 13.2 Å². The molecule has 1 fully saturated rings. The third-order valence-corrected chi connectivity index (χ3v) is 6.06. The summed E-state index contributed by atoms with van der Waals surface area (Å²) in [4.78, 5) is 22.8. The second kappa shape index (κ2) is 9.23. The molecule has 2 rings (SSSR count). The number of nitrogens with one attached hydrogen (secondary N) is 1. The quantitative estimate of drug-likeness (QED) is 0.717. The minimum atomic E-state index is -4.51. The van der Waals surface area contributed by atoms with Crippen LogP contribution in [-0.4, -0.2) is 49.3 Å². The van der Waals surface area contributed by atoms with Crippen molar-refractivity contribution in [2.45, 2.75) is 10.8 Å². The molecule has 0 unspecified atom stereocenters. The molecule has 1 aromatic carbocycles. The number of carbonyl (C=O) groups excluding carboxylic acids is 2. The predicted octanol–water partition coefficient (Wildman–Crippen LogP) is 2.77. The van der Waals surface area contributed by atoms with E-state index in [0.717, 1.165) is 17.1 Å². The molecule has 1 amide bonds. The Morgan fingerprint density at radius 3 is 2.52 bits per heavy atom. The van der Waals surface area contributed by atoms with Gasteiger partial charge in [0, 0.05) is 17.1 Å². The minimum absolute atomic E-state index is 0.236. The number of ether oxygens (including phenoxy) is 2. The number of amides is 1. The van der Waals surface area contributed by atoms with Crippen LogP contribution in [0.3, 0.4) is 0 Å². The Balaban J connectivity index is 1.76. The van der Waals surface area contributed by atoms with Crippen molar-refractivity contribution in [2.24, 2.45) is 0 Å². The van der Waals surface area contributed by atoms with Gasteiger partial charge in [0.05, 0.1) is 4.58 Å². The van der Waals surface area contributed by atoms with Gasteiger partial charge in [-0.1, -0.05) is 18.2 Å². The number of hydrogen-bond acceptors (Lipinski definition) is 6. The Labute approximate surface area is 151 Å². The molecule has 0 radical (unpaired) electrons. The van der Waals surface area contributed by atoms with E-state index in [1.165, 1.54) is 0 Å². The molecule has 0 aromatic heterocycles. The van der Waals surface area contributed by atoms with E-state index in [2.05, 4.69) is 4.74 Å². The van der Waals surface area contributed by atoms with Crippen LogP contribution < -0.4 is 10.1 Å². The van der Waals surface area contributed by atoms with E-state index >= 15 is 0 Å². The molecule has 0 bridgehead atoms. The van der Waals surface area contributed by atoms with Gasteiger partial charge < -0.3 is 14.8 Å². The van der Waals surface area contributed by atoms with Gasteiger partial charge in [0.25, 0.3) is 5.91 Å². The first-order valence-corrected chi connectivity index (χ1v) is 9.39. The highest BCUT2D eigenvalue weighted by molar-refractivity contribution is 8.19. The summed E-state index contributed by atoms with van der Waals surface area (Å²) in [5, 5.41) is 1.61. The van der Waals surface area contributed by atoms with Gasteiger partial charge in [-0.25, -0.2) is 4.79 Å². The summed E-state index contributed by atoms with van der Waals surface area (Å²) in [6.07, 6.45) is -4.51. The van der Waals surface area contributed by atoms with E-state index in [1.54, 1.807) is 41.0 Å². The number of halogens is 3. The average molecular weight is 395 g/mol. The summed E-state index contributed by atoms with van der Waals surface area (Å²) in [6.45, 7) is -2.68. The maximum atomic E-state index is 11.9. The Morgan fingerprint density at radius 1 is 1.16 bits per heavy atom. The van der Waals surface area contributed by atoms with Crippen LogP contribution in [0.1, 0.15) is 10.1 Å². The number of rotatable bonds is 7. The number of alkyl halides is 3. The molecule has 0 saturated carbocycles. The van der Waals surface area contributed by atoms with Gasteiger partial charge in [-0.3, -0.25) is 4.79 Å². The van der Waals surface area contributed by atoms with Crippen molar-refractivity contribution < 1.29 is 32.2 Å². The number of esters is 1. The largest absolute Gasteiger partial charge is 0.482 e. The monoisotopic (exact) mass is 395 g/mol. The lowest BCUT2D eigenvalue weighted by Crippen LogP contribution is -2.36. The van der Waals surface area contributed by atoms with Crippen LogP contribution in [-0.2, 0) is 14.3 Å². The molecule has 10 heteroatoms. The number of benzene rings is 1. The lowest BCUT2D eigenvalue weighted by atomic mass is 10.2. The number of thioether (sulfide) groups is 2. The van der Waals surface area contributed by atoms with Gasteiger partial charge in [-0.05, 0) is 6.07 Å². The van der Waals surface area contributed by atoms with Crippen molar-refractivity contribution in [3.63, 3.8) is 0 Å². The van der Waals surface area contributed by atoms with Crippen molar-refractivity contribution in [2.75, 3.05) is 31.3 Å². The Hall–Kier alpha value is -1.55. The Bertz CT molecular complexity index is 607. The van der Waals surface area contributed by atoms with E-state index in [4.69, 9.17) is 4.74 Å². The summed E-state index contributed by atoms with van der Waals surface area (Å²) >= 11 is 3.57. The zero-order valence-corrected chi connectivity index (χ0v) is 14.6. The predicted molar refractivity (Wildman–Crippen MR) is 89.6 cm³/mol. The molecule has 1 aliphatic rings. The van der Waals surface area contributed by atoms with Gasteiger partial charge in [0.2, 0.25) is 0 Å². The van der Waals surface area contributed by atoms with E-state index < -0.39 is 37.8 Å². The molecular formula is C15H16F3NO4S2. The summed E-state index contributed by atoms with van der Waals surface area (Å²) in [7, 11) is 0. The van der Waals surface area contributed by atoms with Crippen molar-refractivity contribution >= 4 is 35.4 Å². The normalized spacial score (nSPS) is 15.0. The fourth-order valence-corrected chi connectivity index (χ4v) is 4.83. The lowest BCUT2D eigenvalue weighted by molar-refractivity contribution is -0.152. The van der Waals surface area contributed by atoms with Gasteiger partial charge in [0.15, 0.2) is 13.2 Å². The minimum Gasteiger partial charge on any atom is -0.482 e. The third-order valence-electron chi connectivity index (χ3n) is 2.99. The molecule has 0 spiro atoms. The Morgan fingerprint density at radius 2 is 1.84 bits per heavy atom. The average Bonchev–Trinajstić information content (AvgIpc) is 3.10. The number of para-hydroxylation sites is 1. The highest BCUT2D eigenvalue weighted by Crippen LogP contribution is 2.48. The SMILES string of the molecule is O=C(COC(=O)COc1ccccc1C1SCCS1)NCC(F)(F)F. The molecule has 1 aliphatic heterocycles. The zero-order valence-electron chi connectivity index (χ0n) is 13.0. The zero-order chi connectivity index (χ0) is 18.3. The number of carbonyl (C=O) groups is 2. The van der Waals surface area contributed by atoms with Crippen LogP contribution in [0.25, 0.3) is 0 Å². The first kappa shape index (κ1) is 19.8. The first-order chi connectivity index (χ1) is 11.8. The Kier molecular flexibility index (Phi) is 7.30. The lowest BCUT2D eigenvalue weighted by Gasteiger charge is -2.14. The second-order valence-corrected chi connectivity index (χ2v) is 7.68. The molecule has 138 valence electrons. The summed E-state index contributed by atoms with van der Waals surface area (Å²) < 4.78 is 46.1. The highest BCUT2D eigenvalue weighted by atomic mass is 32.2. The molecular weight excluding hydrogens is 379 g/mol. The topological polar surface area (TPSA) is 64.6 Å². The van der Waals surface area contributed by atoms with E-state index in [0.29, 0.717) is 5.75 Å². The summed E-state index contributed by atoms with van der Waals surface area (Å²) in [5.41, 5.74) is 0.964. The first-order valence-electron chi connectivity index (χ1n) is 7.29. The summed E-state index contributed by atoms with van der Waals surface area (Å²) in [5.74, 6) is 0.777. The molecule has 0 aliphatic carbocycles. The van der Waals surface area contributed by atoms with Crippen molar-refractivity contribution in [1.82, 2.24) is 5.32 Å². The molecule has 25 heavy (non-hydrogen) atoms. The van der Waals surface area contributed by atoms with Crippen LogP contribution in [0, 0.1) is 0 Å². The fourth-order valence-electron chi connectivity index (χ4n) is 1.92. The van der Waals surface area contributed by atoms with Crippen molar-refractivity contribution in [3.05, 3.63) is 29.8 Å². The van der Waals surface area contributed by atoms with Crippen LogP contribution in [0.2, 0.25) is 0 Å². The van der Waals surface area contributed by atoms with Gasteiger partial charge in [0.1, 0.15) is 12.3 Å². The van der Waals surface area contributed by atoms with Gasteiger partial charge >= 0.3 is 12.1 Å². The molecule has 0 atom stereocenters. The van der Waals surface area contributed by atoms with Crippen LogP contribution in [0.5, 0.6) is 5.75 Å². The highest BCUT2D eigenvalue weighted by Gasteiger charge is 2.28. The van der Waals surface area contributed by atoms with Gasteiger partial charge in [-0.15, -0.1) is 23.5 Å². The maximum Gasteiger partial charge on any atom is 0.405 e. The van der Waals surface area contributed by atoms with Crippen LogP contribution >= 0.6 is 23.5 Å². The molecule has 1 aromatic rings. The molecule has 1 N–H and O–H groups in total. The molecule has 1 saturated heterocycles.